The zero-order valence-corrected chi connectivity index (χ0v) is 10.5. The van der Waals surface area contributed by atoms with E-state index in [1.807, 2.05) is 0 Å². The number of hydrogen-bond donors (Lipinski definition) is 3. The molecule has 0 bridgehead atoms. The van der Waals surface area contributed by atoms with Gasteiger partial charge in [-0.2, -0.15) is 13.2 Å². The summed E-state index contributed by atoms with van der Waals surface area (Å²) in [5.41, 5.74) is 5.67. The van der Waals surface area contributed by atoms with E-state index in [4.69, 9.17) is 5.73 Å². The van der Waals surface area contributed by atoms with Crippen LogP contribution in [0.5, 0.6) is 0 Å². The third-order valence-electron chi connectivity index (χ3n) is 4.32. The maximum Gasteiger partial charge on any atom is 0.403 e. The van der Waals surface area contributed by atoms with Crippen molar-refractivity contribution in [1.29, 1.82) is 0 Å². The fraction of sp³-hybridized carbons (Fsp3) is 1.00. The van der Waals surface area contributed by atoms with E-state index in [1.165, 1.54) is 0 Å². The highest BCUT2D eigenvalue weighted by Crippen LogP contribution is 2.33. The molecule has 4 atom stereocenters. The zero-order valence-electron chi connectivity index (χ0n) is 10.5. The molecule has 0 amide bonds. The van der Waals surface area contributed by atoms with Crippen molar-refractivity contribution in [3.63, 3.8) is 0 Å². The third-order valence-corrected chi connectivity index (χ3v) is 4.32. The molecule has 2 heterocycles. The molecule has 4 unspecified atom stereocenters. The van der Waals surface area contributed by atoms with Gasteiger partial charge in [0.1, 0.15) is 6.04 Å². The van der Waals surface area contributed by atoms with Crippen LogP contribution >= 0.6 is 0 Å². The number of alkyl halides is 3. The van der Waals surface area contributed by atoms with Crippen molar-refractivity contribution in [2.45, 2.75) is 31.5 Å². The summed E-state index contributed by atoms with van der Waals surface area (Å²) in [5, 5.41) is 6.00. The van der Waals surface area contributed by atoms with Gasteiger partial charge < -0.3 is 16.4 Å². The van der Waals surface area contributed by atoms with Crippen LogP contribution in [0.1, 0.15) is 19.3 Å². The molecule has 0 radical (unpaired) electrons. The first-order valence-electron chi connectivity index (χ1n) is 6.71. The van der Waals surface area contributed by atoms with Gasteiger partial charge in [0.15, 0.2) is 0 Å². The van der Waals surface area contributed by atoms with Gasteiger partial charge in [0.25, 0.3) is 0 Å². The Bertz CT molecular complexity index is 262. The van der Waals surface area contributed by atoms with Gasteiger partial charge in [-0.3, -0.25) is 0 Å². The number of nitrogens with two attached hydrogens (primary N) is 1. The number of rotatable bonds is 2. The maximum atomic E-state index is 12.5. The van der Waals surface area contributed by atoms with E-state index >= 15 is 0 Å². The molecule has 18 heavy (non-hydrogen) atoms. The summed E-state index contributed by atoms with van der Waals surface area (Å²) in [7, 11) is 0. The lowest BCUT2D eigenvalue weighted by atomic mass is 9.77. The minimum absolute atomic E-state index is 0.206. The predicted octanol–water partition coefficient (Wildman–Crippen LogP) is 1.10. The Morgan fingerprint density at radius 1 is 1.06 bits per heavy atom. The maximum absolute atomic E-state index is 12.5. The van der Waals surface area contributed by atoms with Crippen LogP contribution in [0.2, 0.25) is 0 Å². The minimum Gasteiger partial charge on any atom is -0.330 e. The second-order valence-corrected chi connectivity index (χ2v) is 5.60. The highest BCUT2D eigenvalue weighted by atomic mass is 19.4. The van der Waals surface area contributed by atoms with Crippen molar-refractivity contribution in [3.8, 4) is 0 Å². The van der Waals surface area contributed by atoms with Gasteiger partial charge in [0, 0.05) is 0 Å². The fourth-order valence-electron chi connectivity index (χ4n) is 3.17. The molecule has 6 heteroatoms. The van der Waals surface area contributed by atoms with E-state index in [-0.39, 0.29) is 6.42 Å². The van der Waals surface area contributed by atoms with Crippen LogP contribution in [-0.4, -0.2) is 38.4 Å². The van der Waals surface area contributed by atoms with Gasteiger partial charge in [-0.25, -0.2) is 0 Å². The molecule has 4 N–H and O–H groups in total. The van der Waals surface area contributed by atoms with Gasteiger partial charge in [-0.15, -0.1) is 0 Å². The van der Waals surface area contributed by atoms with E-state index in [2.05, 4.69) is 10.6 Å². The molecule has 2 saturated heterocycles. The molecule has 2 aliphatic rings. The molecular formula is C12H22F3N3. The van der Waals surface area contributed by atoms with Crippen LogP contribution < -0.4 is 16.4 Å². The first kappa shape index (κ1) is 14.1. The molecule has 0 aliphatic carbocycles. The first-order valence-corrected chi connectivity index (χ1v) is 6.71. The van der Waals surface area contributed by atoms with Gasteiger partial charge in [-0.1, -0.05) is 0 Å². The van der Waals surface area contributed by atoms with Crippen molar-refractivity contribution in [2.24, 2.45) is 23.5 Å². The third kappa shape index (κ3) is 3.36. The van der Waals surface area contributed by atoms with Crippen LogP contribution in [-0.2, 0) is 0 Å². The van der Waals surface area contributed by atoms with Crippen LogP contribution in [0, 0.1) is 17.8 Å². The lowest BCUT2D eigenvalue weighted by Crippen LogP contribution is -2.51. The molecule has 0 aromatic rings. The summed E-state index contributed by atoms with van der Waals surface area (Å²) in [6.45, 7) is 3.00. The Morgan fingerprint density at radius 3 is 2.39 bits per heavy atom. The van der Waals surface area contributed by atoms with Crippen molar-refractivity contribution >= 4 is 0 Å². The number of nitrogens with one attached hydrogen (secondary N) is 2. The molecule has 2 rings (SSSR count). The van der Waals surface area contributed by atoms with Crippen LogP contribution in [0.25, 0.3) is 0 Å². The van der Waals surface area contributed by atoms with Gasteiger partial charge in [0.2, 0.25) is 0 Å². The summed E-state index contributed by atoms with van der Waals surface area (Å²) >= 11 is 0. The van der Waals surface area contributed by atoms with Crippen LogP contribution in [0.3, 0.4) is 0 Å². The molecule has 3 nitrogen and oxygen atoms in total. The van der Waals surface area contributed by atoms with Gasteiger partial charge in [0.05, 0.1) is 0 Å². The van der Waals surface area contributed by atoms with Crippen molar-refractivity contribution in [3.05, 3.63) is 0 Å². The summed E-state index contributed by atoms with van der Waals surface area (Å²) in [6, 6.07) is -1.31. The SMILES string of the molecule is NCC1CNCC(C2CCC(C(F)(F)F)NC2)C1. The van der Waals surface area contributed by atoms with E-state index in [9.17, 15) is 13.2 Å². The molecule has 0 aromatic carbocycles. The van der Waals surface area contributed by atoms with E-state index in [0.717, 1.165) is 19.5 Å². The van der Waals surface area contributed by atoms with Gasteiger partial charge in [-0.05, 0) is 63.2 Å². The first-order chi connectivity index (χ1) is 8.50. The Balaban J connectivity index is 1.82. The van der Waals surface area contributed by atoms with Gasteiger partial charge >= 0.3 is 6.18 Å². The smallest absolute Gasteiger partial charge is 0.330 e. The Morgan fingerprint density at radius 2 is 1.83 bits per heavy atom. The molecule has 0 spiro atoms. The fourth-order valence-corrected chi connectivity index (χ4v) is 3.17. The lowest BCUT2D eigenvalue weighted by Gasteiger charge is -2.39. The number of hydrogen-bond acceptors (Lipinski definition) is 3. The highest BCUT2D eigenvalue weighted by molar-refractivity contribution is 4.89. The largest absolute Gasteiger partial charge is 0.403 e. The Kier molecular flexibility index (Phi) is 4.50. The highest BCUT2D eigenvalue weighted by Gasteiger charge is 2.42. The summed E-state index contributed by atoms with van der Waals surface area (Å²) in [5.74, 6) is 1.29. The average molecular weight is 265 g/mol. The second kappa shape index (κ2) is 5.75. The average Bonchev–Trinajstić information content (AvgIpc) is 2.38. The molecule has 2 aliphatic heterocycles. The number of halogens is 3. The molecule has 106 valence electrons. The minimum atomic E-state index is -4.10. The molecule has 2 fully saturated rings. The quantitative estimate of drug-likeness (QED) is 0.701. The topological polar surface area (TPSA) is 50.1 Å². The van der Waals surface area contributed by atoms with E-state index < -0.39 is 12.2 Å². The summed E-state index contributed by atoms with van der Waals surface area (Å²) in [4.78, 5) is 0. The van der Waals surface area contributed by atoms with E-state index in [1.54, 1.807) is 0 Å². The van der Waals surface area contributed by atoms with Crippen LogP contribution in [0.15, 0.2) is 0 Å². The normalized spacial score (nSPS) is 38.7. The Labute approximate surface area is 106 Å². The summed E-state index contributed by atoms with van der Waals surface area (Å²) < 4.78 is 37.6. The second-order valence-electron chi connectivity index (χ2n) is 5.60. The van der Waals surface area contributed by atoms with Crippen molar-refractivity contribution in [1.82, 2.24) is 10.6 Å². The molecular weight excluding hydrogens is 243 g/mol. The predicted molar refractivity (Wildman–Crippen MR) is 64.1 cm³/mol. The standard InChI is InChI=1S/C12H22F3N3/c13-12(14,15)11-2-1-9(7-18-11)10-3-8(4-16)5-17-6-10/h8-11,17-18H,1-7,16H2. The van der Waals surface area contributed by atoms with E-state index in [0.29, 0.717) is 37.3 Å². The van der Waals surface area contributed by atoms with Crippen molar-refractivity contribution in [2.75, 3.05) is 26.2 Å². The Hall–Kier alpha value is -0.330. The number of piperidine rings is 2. The zero-order chi connectivity index (χ0) is 13.2. The van der Waals surface area contributed by atoms with Crippen LogP contribution in [0.4, 0.5) is 13.2 Å². The molecule has 0 saturated carbocycles. The lowest BCUT2D eigenvalue weighted by molar-refractivity contribution is -0.163. The molecule has 0 aromatic heterocycles. The monoisotopic (exact) mass is 265 g/mol. The summed E-state index contributed by atoms with van der Waals surface area (Å²) in [6.07, 6.45) is -2.18. The van der Waals surface area contributed by atoms with Crippen molar-refractivity contribution < 1.29 is 13.2 Å².